The summed E-state index contributed by atoms with van der Waals surface area (Å²) >= 11 is 11.8. The van der Waals surface area contributed by atoms with Crippen LogP contribution in [-0.2, 0) is 13.1 Å². The molecule has 0 unspecified atom stereocenters. The van der Waals surface area contributed by atoms with E-state index in [2.05, 4.69) is 15.4 Å². The minimum atomic E-state index is -0.697. The predicted octanol–water partition coefficient (Wildman–Crippen LogP) is 3.52. The van der Waals surface area contributed by atoms with E-state index in [4.69, 9.17) is 23.2 Å². The molecule has 158 valence electrons. The molecule has 0 spiro atoms. The standard InChI is InChI=1S/C21H16Cl2FN5O2/c22-14-6-4-13(5-7-14)11-28-12-26-19-15(21(28)31)10-27-29(19)9-8-25-20(30)18-16(23)2-1-3-17(18)24/h1-7,10,12H,8-9,11H2,(H,25,30). The van der Waals surface area contributed by atoms with Crippen LogP contribution < -0.4 is 10.9 Å². The molecule has 4 aromatic rings. The van der Waals surface area contributed by atoms with E-state index >= 15 is 0 Å². The first-order valence-corrected chi connectivity index (χ1v) is 10.1. The summed E-state index contributed by atoms with van der Waals surface area (Å²) < 4.78 is 16.8. The van der Waals surface area contributed by atoms with Gasteiger partial charge in [-0.25, -0.2) is 14.1 Å². The molecule has 2 aromatic carbocycles. The van der Waals surface area contributed by atoms with Gasteiger partial charge >= 0.3 is 0 Å². The van der Waals surface area contributed by atoms with Crippen LogP contribution in [0.5, 0.6) is 0 Å². The van der Waals surface area contributed by atoms with Gasteiger partial charge in [-0.3, -0.25) is 14.2 Å². The Morgan fingerprint density at radius 2 is 1.90 bits per heavy atom. The van der Waals surface area contributed by atoms with Crippen LogP contribution in [0.4, 0.5) is 4.39 Å². The average Bonchev–Trinajstić information content (AvgIpc) is 3.15. The second-order valence-electron chi connectivity index (χ2n) is 6.76. The first-order chi connectivity index (χ1) is 14.9. The molecule has 31 heavy (non-hydrogen) atoms. The van der Waals surface area contributed by atoms with Crippen molar-refractivity contribution in [2.24, 2.45) is 0 Å². The highest BCUT2D eigenvalue weighted by Crippen LogP contribution is 2.18. The maximum atomic E-state index is 13.9. The van der Waals surface area contributed by atoms with Crippen molar-refractivity contribution in [1.29, 1.82) is 0 Å². The van der Waals surface area contributed by atoms with Gasteiger partial charge in [0.15, 0.2) is 5.65 Å². The normalized spacial score (nSPS) is 11.1. The molecule has 0 atom stereocenters. The fraction of sp³-hybridized carbons (Fsp3) is 0.143. The number of nitrogens with zero attached hydrogens (tertiary/aromatic N) is 4. The second kappa shape index (κ2) is 8.87. The molecule has 0 saturated carbocycles. The molecule has 2 aromatic heterocycles. The zero-order valence-corrected chi connectivity index (χ0v) is 17.6. The number of carbonyl (C=O) groups excluding carboxylic acids is 1. The third kappa shape index (κ3) is 4.45. The summed E-state index contributed by atoms with van der Waals surface area (Å²) in [5.41, 5.74) is 0.871. The maximum absolute atomic E-state index is 13.9. The number of hydrogen-bond acceptors (Lipinski definition) is 4. The lowest BCUT2D eigenvalue weighted by Gasteiger charge is -2.09. The van der Waals surface area contributed by atoms with Gasteiger partial charge in [0.2, 0.25) is 0 Å². The van der Waals surface area contributed by atoms with E-state index in [0.29, 0.717) is 22.6 Å². The van der Waals surface area contributed by atoms with Gasteiger partial charge in [-0.1, -0.05) is 41.4 Å². The maximum Gasteiger partial charge on any atom is 0.264 e. The molecule has 10 heteroatoms. The van der Waals surface area contributed by atoms with E-state index in [1.807, 2.05) is 12.1 Å². The molecule has 0 aliphatic carbocycles. The summed E-state index contributed by atoms with van der Waals surface area (Å²) in [6, 6.07) is 11.2. The highest BCUT2D eigenvalue weighted by molar-refractivity contribution is 6.33. The van der Waals surface area contributed by atoms with Crippen molar-refractivity contribution in [3.63, 3.8) is 0 Å². The van der Waals surface area contributed by atoms with Crippen LogP contribution in [0.15, 0.2) is 59.8 Å². The zero-order valence-electron chi connectivity index (χ0n) is 16.1. The van der Waals surface area contributed by atoms with E-state index in [0.717, 1.165) is 5.56 Å². The van der Waals surface area contributed by atoms with Gasteiger partial charge in [-0.05, 0) is 29.8 Å². The van der Waals surface area contributed by atoms with Crippen molar-refractivity contribution in [2.75, 3.05) is 6.54 Å². The summed E-state index contributed by atoms with van der Waals surface area (Å²) in [4.78, 5) is 29.3. The van der Waals surface area contributed by atoms with Gasteiger partial charge in [-0.2, -0.15) is 5.10 Å². The van der Waals surface area contributed by atoms with Crippen molar-refractivity contribution in [3.8, 4) is 0 Å². The number of carbonyl (C=O) groups is 1. The molecular weight excluding hydrogens is 444 g/mol. The van der Waals surface area contributed by atoms with Crippen LogP contribution in [0.2, 0.25) is 10.0 Å². The predicted molar refractivity (Wildman–Crippen MR) is 116 cm³/mol. The Hall–Kier alpha value is -3.23. The lowest BCUT2D eigenvalue weighted by molar-refractivity contribution is 0.0948. The molecule has 1 amide bonds. The average molecular weight is 460 g/mol. The summed E-state index contributed by atoms with van der Waals surface area (Å²) in [6.07, 6.45) is 2.90. The smallest absolute Gasteiger partial charge is 0.264 e. The third-order valence-electron chi connectivity index (χ3n) is 4.69. The molecule has 2 heterocycles. The van der Waals surface area contributed by atoms with Crippen molar-refractivity contribution in [3.05, 3.63) is 92.3 Å². The van der Waals surface area contributed by atoms with Gasteiger partial charge in [0.25, 0.3) is 11.5 Å². The van der Waals surface area contributed by atoms with E-state index in [9.17, 15) is 14.0 Å². The van der Waals surface area contributed by atoms with E-state index < -0.39 is 11.7 Å². The molecule has 0 aliphatic heterocycles. The summed E-state index contributed by atoms with van der Waals surface area (Å²) in [5.74, 6) is -1.32. The van der Waals surface area contributed by atoms with Gasteiger partial charge in [0.1, 0.15) is 17.5 Å². The first kappa shape index (κ1) is 21.0. The molecule has 1 N–H and O–H groups in total. The second-order valence-corrected chi connectivity index (χ2v) is 7.61. The Morgan fingerprint density at radius 1 is 1.13 bits per heavy atom. The Kier molecular flexibility index (Phi) is 6.01. The fourth-order valence-corrected chi connectivity index (χ4v) is 3.51. The summed E-state index contributed by atoms with van der Waals surface area (Å²) in [5, 5.41) is 7.81. The number of amides is 1. The van der Waals surface area contributed by atoms with E-state index in [-0.39, 0.29) is 29.2 Å². The molecule has 0 bridgehead atoms. The summed E-state index contributed by atoms with van der Waals surface area (Å²) in [6.45, 7) is 0.744. The quantitative estimate of drug-likeness (QED) is 0.478. The number of rotatable bonds is 6. The number of hydrogen-bond donors (Lipinski definition) is 1. The summed E-state index contributed by atoms with van der Waals surface area (Å²) in [7, 11) is 0. The van der Waals surface area contributed by atoms with Crippen LogP contribution in [0, 0.1) is 5.82 Å². The Labute approximate surface area is 186 Å². The fourth-order valence-electron chi connectivity index (χ4n) is 3.14. The van der Waals surface area contributed by atoms with Gasteiger partial charge < -0.3 is 5.32 Å². The van der Waals surface area contributed by atoms with Crippen molar-refractivity contribution in [2.45, 2.75) is 13.1 Å². The first-order valence-electron chi connectivity index (χ1n) is 9.31. The molecule has 0 saturated heterocycles. The lowest BCUT2D eigenvalue weighted by atomic mass is 10.2. The van der Waals surface area contributed by atoms with Crippen LogP contribution >= 0.6 is 23.2 Å². The highest BCUT2D eigenvalue weighted by atomic mass is 35.5. The Balaban J connectivity index is 1.47. The third-order valence-corrected chi connectivity index (χ3v) is 5.25. The molecule has 7 nitrogen and oxygen atoms in total. The van der Waals surface area contributed by atoms with Gasteiger partial charge in [-0.15, -0.1) is 0 Å². The van der Waals surface area contributed by atoms with Crippen LogP contribution in [0.1, 0.15) is 15.9 Å². The molecule has 0 fully saturated rings. The van der Waals surface area contributed by atoms with Crippen molar-refractivity contribution >= 4 is 40.1 Å². The number of fused-ring (bicyclic) bond motifs is 1. The Bertz CT molecular complexity index is 1300. The number of nitrogens with one attached hydrogen (secondary N) is 1. The SMILES string of the molecule is O=C(NCCn1ncc2c(=O)n(Cc3ccc(Cl)cc3)cnc21)c1c(F)cccc1Cl. The number of halogens is 3. The molecule has 4 rings (SSSR count). The van der Waals surface area contributed by atoms with Crippen molar-refractivity contribution in [1.82, 2.24) is 24.6 Å². The zero-order chi connectivity index (χ0) is 22.0. The minimum absolute atomic E-state index is 0.0324. The number of benzene rings is 2. The van der Waals surface area contributed by atoms with Crippen LogP contribution in [0.25, 0.3) is 11.0 Å². The molecule has 0 aliphatic rings. The van der Waals surface area contributed by atoms with E-state index in [1.54, 1.807) is 12.1 Å². The van der Waals surface area contributed by atoms with Crippen LogP contribution in [0.3, 0.4) is 0 Å². The van der Waals surface area contributed by atoms with Gasteiger partial charge in [0, 0.05) is 11.6 Å². The molecule has 0 radical (unpaired) electrons. The number of aromatic nitrogens is 4. The minimum Gasteiger partial charge on any atom is -0.350 e. The van der Waals surface area contributed by atoms with Crippen molar-refractivity contribution < 1.29 is 9.18 Å². The highest BCUT2D eigenvalue weighted by Gasteiger charge is 2.16. The largest absolute Gasteiger partial charge is 0.350 e. The monoisotopic (exact) mass is 459 g/mol. The lowest BCUT2D eigenvalue weighted by Crippen LogP contribution is -2.28. The molecular formula is C21H16Cl2FN5O2. The van der Waals surface area contributed by atoms with E-state index in [1.165, 1.54) is 40.0 Å². The Morgan fingerprint density at radius 3 is 2.65 bits per heavy atom. The van der Waals surface area contributed by atoms with Crippen LogP contribution in [-0.4, -0.2) is 31.8 Å². The van der Waals surface area contributed by atoms with Gasteiger partial charge in [0.05, 0.1) is 29.9 Å². The topological polar surface area (TPSA) is 81.8 Å².